The number of morpholine rings is 1. The topological polar surface area (TPSA) is 93.0 Å². The van der Waals surface area contributed by atoms with Gasteiger partial charge in [0.2, 0.25) is 0 Å². The van der Waals surface area contributed by atoms with Crippen LogP contribution in [0.15, 0.2) is 71.3 Å². The highest BCUT2D eigenvalue weighted by Gasteiger charge is 2.13. The van der Waals surface area contributed by atoms with Crippen LogP contribution >= 0.6 is 0 Å². The van der Waals surface area contributed by atoms with E-state index in [-0.39, 0.29) is 24.2 Å². The highest BCUT2D eigenvalue weighted by Crippen LogP contribution is 2.21. The first-order chi connectivity index (χ1) is 15.2. The van der Waals surface area contributed by atoms with Crippen LogP contribution in [-0.4, -0.2) is 44.7 Å². The Bertz CT molecular complexity index is 1030. The summed E-state index contributed by atoms with van der Waals surface area (Å²) in [5, 5.41) is 5.58. The average Bonchev–Trinajstić information content (AvgIpc) is 3.34. The van der Waals surface area contributed by atoms with Crippen molar-refractivity contribution in [3.05, 3.63) is 72.7 Å². The Morgan fingerprint density at radius 2 is 1.71 bits per heavy atom. The first kappa shape index (κ1) is 20.5. The SMILES string of the molecule is O=C(COc1cccc(NC(=O)c2ccco2)c1)Nc1cccc(N2CCOCC2)c1. The van der Waals surface area contributed by atoms with Crippen LogP contribution in [0.25, 0.3) is 0 Å². The number of anilines is 3. The van der Waals surface area contributed by atoms with E-state index in [1.54, 1.807) is 36.4 Å². The van der Waals surface area contributed by atoms with Gasteiger partial charge in [0.05, 0.1) is 19.5 Å². The van der Waals surface area contributed by atoms with E-state index in [0.717, 1.165) is 18.8 Å². The van der Waals surface area contributed by atoms with E-state index in [9.17, 15) is 9.59 Å². The fourth-order valence-corrected chi connectivity index (χ4v) is 3.21. The molecule has 0 bridgehead atoms. The van der Waals surface area contributed by atoms with Gasteiger partial charge in [-0.3, -0.25) is 9.59 Å². The molecule has 1 fully saturated rings. The molecule has 1 aliphatic rings. The maximum absolute atomic E-state index is 12.3. The van der Waals surface area contributed by atoms with Gasteiger partial charge in [-0.05, 0) is 42.5 Å². The van der Waals surface area contributed by atoms with Gasteiger partial charge in [0.15, 0.2) is 12.4 Å². The van der Waals surface area contributed by atoms with E-state index in [4.69, 9.17) is 13.9 Å². The lowest BCUT2D eigenvalue weighted by Gasteiger charge is -2.29. The maximum atomic E-state index is 12.3. The molecule has 2 amide bonds. The Morgan fingerprint density at radius 3 is 2.48 bits per heavy atom. The monoisotopic (exact) mass is 421 g/mol. The van der Waals surface area contributed by atoms with Crippen molar-refractivity contribution in [2.45, 2.75) is 0 Å². The van der Waals surface area contributed by atoms with E-state index >= 15 is 0 Å². The first-order valence-electron chi connectivity index (χ1n) is 9.98. The van der Waals surface area contributed by atoms with Gasteiger partial charge in [0, 0.05) is 36.2 Å². The average molecular weight is 421 g/mol. The van der Waals surface area contributed by atoms with Gasteiger partial charge in [0.25, 0.3) is 11.8 Å². The highest BCUT2D eigenvalue weighted by atomic mass is 16.5. The second-order valence-corrected chi connectivity index (χ2v) is 6.95. The quantitative estimate of drug-likeness (QED) is 0.608. The van der Waals surface area contributed by atoms with Crippen molar-refractivity contribution in [1.29, 1.82) is 0 Å². The standard InChI is InChI=1S/C23H23N3O5/c27-22(24-17-4-1-6-19(14-17)26-9-12-29-13-10-26)16-31-20-7-2-5-18(15-20)25-23(28)21-8-3-11-30-21/h1-8,11,14-15H,9-10,12-13,16H2,(H,24,27)(H,25,28). The van der Waals surface area contributed by atoms with Crippen LogP contribution in [0.2, 0.25) is 0 Å². The minimum Gasteiger partial charge on any atom is -0.484 e. The van der Waals surface area contributed by atoms with Crippen LogP contribution in [0.5, 0.6) is 5.75 Å². The maximum Gasteiger partial charge on any atom is 0.291 e. The molecule has 31 heavy (non-hydrogen) atoms. The Labute approximate surface area is 179 Å². The molecule has 1 aliphatic heterocycles. The van der Waals surface area contributed by atoms with Crippen LogP contribution < -0.4 is 20.3 Å². The van der Waals surface area contributed by atoms with Crippen molar-refractivity contribution in [1.82, 2.24) is 0 Å². The molecule has 0 spiro atoms. The van der Waals surface area contributed by atoms with Crippen LogP contribution in [0, 0.1) is 0 Å². The number of hydrogen-bond acceptors (Lipinski definition) is 6. The fraction of sp³-hybridized carbons (Fsp3) is 0.217. The van der Waals surface area contributed by atoms with E-state index in [1.807, 2.05) is 24.3 Å². The van der Waals surface area contributed by atoms with Crippen molar-refractivity contribution in [3.63, 3.8) is 0 Å². The molecule has 0 radical (unpaired) electrons. The smallest absolute Gasteiger partial charge is 0.291 e. The Morgan fingerprint density at radius 1 is 0.935 bits per heavy atom. The van der Waals surface area contributed by atoms with E-state index in [1.165, 1.54) is 6.26 Å². The number of nitrogens with zero attached hydrogens (tertiary/aromatic N) is 1. The zero-order chi connectivity index (χ0) is 21.5. The predicted octanol–water partition coefficient (Wildman–Crippen LogP) is 3.39. The zero-order valence-corrected chi connectivity index (χ0v) is 16.9. The number of nitrogens with one attached hydrogen (secondary N) is 2. The number of ether oxygens (including phenoxy) is 2. The normalized spacial score (nSPS) is 13.5. The first-order valence-corrected chi connectivity index (χ1v) is 9.98. The van der Waals surface area contributed by atoms with E-state index in [2.05, 4.69) is 15.5 Å². The molecule has 2 aromatic carbocycles. The molecule has 0 aliphatic carbocycles. The van der Waals surface area contributed by atoms with Crippen LogP contribution in [0.4, 0.5) is 17.1 Å². The number of hydrogen-bond donors (Lipinski definition) is 2. The molecule has 8 heteroatoms. The van der Waals surface area contributed by atoms with Gasteiger partial charge in [-0.15, -0.1) is 0 Å². The predicted molar refractivity (Wildman–Crippen MR) is 117 cm³/mol. The number of carbonyl (C=O) groups excluding carboxylic acids is 2. The van der Waals surface area contributed by atoms with Crippen molar-refractivity contribution in [3.8, 4) is 5.75 Å². The Kier molecular flexibility index (Phi) is 6.49. The molecule has 3 aromatic rings. The molecule has 2 N–H and O–H groups in total. The summed E-state index contributed by atoms with van der Waals surface area (Å²) >= 11 is 0. The number of benzene rings is 2. The number of furan rings is 1. The van der Waals surface area contributed by atoms with E-state index in [0.29, 0.717) is 30.3 Å². The summed E-state index contributed by atoms with van der Waals surface area (Å²) in [4.78, 5) is 26.6. The van der Waals surface area contributed by atoms with E-state index < -0.39 is 0 Å². The number of carbonyl (C=O) groups is 2. The minimum atomic E-state index is -0.361. The largest absolute Gasteiger partial charge is 0.484 e. The molecule has 2 heterocycles. The van der Waals surface area contributed by atoms with Gasteiger partial charge < -0.3 is 29.4 Å². The second-order valence-electron chi connectivity index (χ2n) is 6.95. The molecule has 8 nitrogen and oxygen atoms in total. The van der Waals surface area contributed by atoms with Gasteiger partial charge >= 0.3 is 0 Å². The zero-order valence-electron chi connectivity index (χ0n) is 16.9. The molecule has 160 valence electrons. The summed E-state index contributed by atoms with van der Waals surface area (Å²) < 4.78 is 16.0. The molecule has 0 unspecified atom stereocenters. The Balaban J connectivity index is 1.30. The van der Waals surface area contributed by atoms with Crippen molar-refractivity contribution >= 4 is 28.9 Å². The van der Waals surface area contributed by atoms with Crippen molar-refractivity contribution in [2.24, 2.45) is 0 Å². The van der Waals surface area contributed by atoms with Gasteiger partial charge in [0.1, 0.15) is 5.75 Å². The second kappa shape index (κ2) is 9.82. The van der Waals surface area contributed by atoms with Crippen molar-refractivity contribution in [2.75, 3.05) is 48.4 Å². The van der Waals surface area contributed by atoms with Crippen LogP contribution in [0.1, 0.15) is 10.6 Å². The molecule has 0 saturated carbocycles. The highest BCUT2D eigenvalue weighted by molar-refractivity contribution is 6.02. The molecule has 0 atom stereocenters. The van der Waals surface area contributed by atoms with Gasteiger partial charge in [-0.1, -0.05) is 12.1 Å². The summed E-state index contributed by atoms with van der Waals surface area (Å²) in [6.45, 7) is 2.90. The molecular formula is C23H23N3O5. The minimum absolute atomic E-state index is 0.155. The summed E-state index contributed by atoms with van der Waals surface area (Å²) in [5.41, 5.74) is 2.29. The third-order valence-electron chi connectivity index (χ3n) is 4.71. The molecule has 4 rings (SSSR count). The summed E-state index contributed by atoms with van der Waals surface area (Å²) in [5.74, 6) is 0.0451. The third kappa shape index (κ3) is 5.64. The lowest BCUT2D eigenvalue weighted by molar-refractivity contribution is -0.118. The number of amides is 2. The lowest BCUT2D eigenvalue weighted by Crippen LogP contribution is -2.36. The van der Waals surface area contributed by atoms with Crippen molar-refractivity contribution < 1.29 is 23.5 Å². The summed E-state index contributed by atoms with van der Waals surface area (Å²) in [7, 11) is 0. The lowest BCUT2D eigenvalue weighted by atomic mass is 10.2. The third-order valence-corrected chi connectivity index (χ3v) is 4.71. The molecule has 1 aromatic heterocycles. The molecule has 1 saturated heterocycles. The summed E-state index contributed by atoms with van der Waals surface area (Å²) in [6, 6.07) is 17.7. The Hall–Kier alpha value is -3.78. The van der Waals surface area contributed by atoms with Gasteiger partial charge in [-0.25, -0.2) is 0 Å². The molecular weight excluding hydrogens is 398 g/mol. The fourth-order valence-electron chi connectivity index (χ4n) is 3.21. The van der Waals surface area contributed by atoms with Crippen LogP contribution in [-0.2, 0) is 9.53 Å². The number of rotatable bonds is 7. The summed E-state index contributed by atoms with van der Waals surface area (Å²) in [6.07, 6.45) is 1.43. The van der Waals surface area contributed by atoms with Crippen LogP contribution in [0.3, 0.4) is 0 Å². The van der Waals surface area contributed by atoms with Gasteiger partial charge in [-0.2, -0.15) is 0 Å².